The highest BCUT2D eigenvalue weighted by Crippen LogP contribution is 2.71. The zero-order valence-electron chi connectivity index (χ0n) is 37.2. The lowest BCUT2D eigenvalue weighted by atomic mass is 9.80. The summed E-state index contributed by atoms with van der Waals surface area (Å²) in [5, 5.41) is 6.44. The zero-order chi connectivity index (χ0) is 47.6. The van der Waals surface area contributed by atoms with E-state index in [-0.39, 0.29) is 79.1 Å². The number of aryl methyl sites for hydroxylation is 2. The average molecular weight is 961 g/mol. The number of halogens is 4. The number of aromatic nitrogens is 6. The number of hydrogen-bond donors (Lipinski definition) is 2. The van der Waals surface area contributed by atoms with E-state index in [9.17, 15) is 26.4 Å². The van der Waals surface area contributed by atoms with E-state index in [0.29, 0.717) is 41.8 Å². The SMILES string of the molecule is CCS(=O)(=O)c1ccc(Nc2ncc3c(C4CCC(n5c(=O)c(F)cc6cnc(Nc7ccc(S(=O)(=O)CC)cc7C)nc65)C45CC5)c(C(F)(F)F)c(=O)n(C4CCCC45CC5)c3n2)c(C)c1. The van der Waals surface area contributed by atoms with Crippen LogP contribution in [0, 0.1) is 30.5 Å². The highest BCUT2D eigenvalue weighted by atomic mass is 32.2. The van der Waals surface area contributed by atoms with Crippen molar-refractivity contribution in [2.75, 3.05) is 22.1 Å². The Bertz CT molecular complexity index is 3420. The Balaban J connectivity index is 1.10. The maximum atomic E-state index is 15.8. The molecular weight excluding hydrogens is 913 g/mol. The molecule has 4 aliphatic rings. The van der Waals surface area contributed by atoms with Crippen molar-refractivity contribution in [1.82, 2.24) is 29.1 Å². The van der Waals surface area contributed by atoms with Gasteiger partial charge in [-0.05, 0) is 141 Å². The molecule has 0 radical (unpaired) electrons. The van der Waals surface area contributed by atoms with Gasteiger partial charge in [-0.1, -0.05) is 20.3 Å². The first-order chi connectivity index (χ1) is 31.7. The molecule has 4 heterocycles. The Hall–Kier alpha value is -5.76. The molecule has 20 heteroatoms. The molecular formula is C47H48F4N8O6S2. The number of rotatable bonds is 11. The number of anilines is 4. The van der Waals surface area contributed by atoms with Crippen molar-refractivity contribution < 1.29 is 34.4 Å². The molecule has 0 aliphatic heterocycles. The minimum atomic E-state index is -5.09. The molecule has 4 fully saturated rings. The van der Waals surface area contributed by atoms with Crippen molar-refractivity contribution in [3.63, 3.8) is 0 Å². The van der Waals surface area contributed by atoms with E-state index >= 15 is 17.6 Å². The van der Waals surface area contributed by atoms with Crippen LogP contribution < -0.4 is 21.8 Å². The van der Waals surface area contributed by atoms with Gasteiger partial charge in [0.25, 0.3) is 11.1 Å². The molecule has 3 atom stereocenters. The van der Waals surface area contributed by atoms with E-state index in [0.717, 1.165) is 31.7 Å². The summed E-state index contributed by atoms with van der Waals surface area (Å²) in [6, 6.07) is 8.77. The summed E-state index contributed by atoms with van der Waals surface area (Å²) < 4.78 is 116. The third-order valence-electron chi connectivity index (χ3n) is 15.0. The van der Waals surface area contributed by atoms with Gasteiger partial charge in [0.15, 0.2) is 25.5 Å². The van der Waals surface area contributed by atoms with E-state index in [4.69, 9.17) is 4.98 Å². The first-order valence-electron chi connectivity index (χ1n) is 22.5. The molecule has 6 aromatic rings. The summed E-state index contributed by atoms with van der Waals surface area (Å²) in [6.07, 6.45) is 2.20. The van der Waals surface area contributed by atoms with Crippen LogP contribution in [0.5, 0.6) is 0 Å². The maximum absolute atomic E-state index is 15.8. The molecule has 67 heavy (non-hydrogen) atoms. The van der Waals surface area contributed by atoms with Crippen LogP contribution in [0.3, 0.4) is 0 Å². The van der Waals surface area contributed by atoms with E-state index in [1.54, 1.807) is 39.8 Å². The largest absolute Gasteiger partial charge is 0.422 e. The summed E-state index contributed by atoms with van der Waals surface area (Å²) in [5.74, 6) is -2.14. The lowest BCUT2D eigenvalue weighted by Gasteiger charge is -2.31. The second-order valence-electron chi connectivity index (χ2n) is 18.7. The summed E-state index contributed by atoms with van der Waals surface area (Å²) in [6.45, 7) is 6.51. The first-order valence-corrected chi connectivity index (χ1v) is 25.8. The fourth-order valence-electron chi connectivity index (χ4n) is 11.2. The second-order valence-corrected chi connectivity index (χ2v) is 23.2. The van der Waals surface area contributed by atoms with Crippen LogP contribution in [0.25, 0.3) is 22.1 Å². The fourth-order valence-corrected chi connectivity index (χ4v) is 13.1. The van der Waals surface area contributed by atoms with Crippen LogP contribution in [0.1, 0.15) is 112 Å². The monoisotopic (exact) mass is 960 g/mol. The van der Waals surface area contributed by atoms with Crippen molar-refractivity contribution in [3.05, 3.63) is 104 Å². The summed E-state index contributed by atoms with van der Waals surface area (Å²) >= 11 is 0. The molecule has 14 nitrogen and oxygen atoms in total. The van der Waals surface area contributed by atoms with Crippen molar-refractivity contribution >= 4 is 65.0 Å². The third-order valence-corrected chi connectivity index (χ3v) is 18.5. The molecule has 0 bridgehead atoms. The van der Waals surface area contributed by atoms with Crippen molar-refractivity contribution in [1.29, 1.82) is 0 Å². The number of nitrogens with one attached hydrogen (secondary N) is 2. The maximum Gasteiger partial charge on any atom is 0.422 e. The molecule has 0 saturated heterocycles. The van der Waals surface area contributed by atoms with Crippen molar-refractivity contribution in [3.8, 4) is 0 Å². The van der Waals surface area contributed by atoms with Crippen molar-refractivity contribution in [2.24, 2.45) is 10.8 Å². The van der Waals surface area contributed by atoms with Gasteiger partial charge in [0.05, 0.1) is 21.3 Å². The topological polar surface area (TPSA) is 188 Å². The normalized spacial score (nSPS) is 20.9. The number of nitrogens with zero attached hydrogens (tertiary/aromatic N) is 6. The smallest absolute Gasteiger partial charge is 0.324 e. The number of sulfone groups is 2. The van der Waals surface area contributed by atoms with Crippen LogP contribution in [0.2, 0.25) is 0 Å². The van der Waals surface area contributed by atoms with Crippen LogP contribution in [0.15, 0.2) is 74.2 Å². The Morgan fingerprint density at radius 1 is 0.716 bits per heavy atom. The van der Waals surface area contributed by atoms with Crippen LogP contribution in [0.4, 0.5) is 40.8 Å². The highest BCUT2D eigenvalue weighted by Gasteiger charge is 2.62. The molecule has 2 spiro atoms. The summed E-state index contributed by atoms with van der Waals surface area (Å²) in [5.41, 5.74) is -2.84. The standard InChI is InChI=1S/C47H48F4N8O6S2/c1-5-66(62,63)28-9-12-33(25(3)20-28)54-43-52-23-27-22-32(48)41(60)59(39(27)56-43)36-14-11-31(46(36)18-19-46)37-30-24-53-44(55-34-13-10-29(21-26(34)4)67(64,65)6-2)57-40(30)58(42(61)38(37)47(49,50)51)35-8-7-15-45(35)16-17-45/h9-10,12-13,20-24,31,35-36H,5-8,11,14-19H2,1-4H3,(H,52,54,56)(H,53,55,57). The predicted octanol–water partition coefficient (Wildman–Crippen LogP) is 9.15. The summed E-state index contributed by atoms with van der Waals surface area (Å²) in [4.78, 5) is 47.6. The second kappa shape index (κ2) is 15.6. The van der Waals surface area contributed by atoms with Gasteiger partial charge in [-0.3, -0.25) is 18.7 Å². The van der Waals surface area contributed by atoms with Gasteiger partial charge in [0.1, 0.15) is 16.9 Å². The molecule has 0 amide bonds. The van der Waals surface area contributed by atoms with E-state index in [1.807, 2.05) is 0 Å². The van der Waals surface area contributed by atoms with E-state index in [2.05, 4.69) is 25.6 Å². The van der Waals surface area contributed by atoms with Crippen LogP contribution >= 0.6 is 0 Å². The van der Waals surface area contributed by atoms with Gasteiger partial charge in [-0.15, -0.1) is 0 Å². The number of alkyl halides is 3. The third kappa shape index (κ3) is 7.39. The predicted molar refractivity (Wildman–Crippen MR) is 244 cm³/mol. The van der Waals surface area contributed by atoms with Crippen LogP contribution in [-0.4, -0.2) is 57.4 Å². The number of fused-ring (bicyclic) bond motifs is 2. The van der Waals surface area contributed by atoms with Gasteiger partial charge in [0, 0.05) is 46.6 Å². The van der Waals surface area contributed by atoms with Gasteiger partial charge in [0.2, 0.25) is 11.9 Å². The molecule has 3 unspecified atom stereocenters. The van der Waals surface area contributed by atoms with Gasteiger partial charge in [-0.2, -0.15) is 23.1 Å². The van der Waals surface area contributed by atoms with Crippen molar-refractivity contribution in [2.45, 2.75) is 119 Å². The lowest BCUT2D eigenvalue weighted by molar-refractivity contribution is -0.139. The quantitative estimate of drug-likeness (QED) is 0.117. The first kappa shape index (κ1) is 45.0. The number of hydrogen-bond acceptors (Lipinski definition) is 12. The highest BCUT2D eigenvalue weighted by molar-refractivity contribution is 7.91. The van der Waals surface area contributed by atoms with Gasteiger partial charge in [-0.25, -0.2) is 31.2 Å². The van der Waals surface area contributed by atoms with Gasteiger partial charge >= 0.3 is 6.18 Å². The minimum Gasteiger partial charge on any atom is -0.324 e. The molecule has 2 aromatic carbocycles. The molecule has 10 rings (SSSR count). The zero-order valence-corrected chi connectivity index (χ0v) is 38.8. The van der Waals surface area contributed by atoms with E-state index < -0.39 is 71.8 Å². The number of pyridine rings is 2. The van der Waals surface area contributed by atoms with E-state index in [1.165, 1.54) is 45.8 Å². The molecule has 4 aromatic heterocycles. The molecule has 2 N–H and O–H groups in total. The molecule has 4 saturated carbocycles. The lowest BCUT2D eigenvalue weighted by Crippen LogP contribution is -2.37. The number of benzene rings is 2. The van der Waals surface area contributed by atoms with Crippen LogP contribution in [-0.2, 0) is 25.9 Å². The Kier molecular flexibility index (Phi) is 10.5. The Morgan fingerprint density at radius 3 is 1.82 bits per heavy atom. The average Bonchev–Trinajstić information content (AvgIpc) is 4.18. The minimum absolute atomic E-state index is 0.00726. The molecule has 352 valence electrons. The fraction of sp³-hybridized carbons (Fsp3) is 0.447. The van der Waals surface area contributed by atoms with Gasteiger partial charge < -0.3 is 10.6 Å². The summed E-state index contributed by atoms with van der Waals surface area (Å²) in [7, 11) is -6.99. The molecule has 4 aliphatic carbocycles. The Morgan fingerprint density at radius 2 is 1.28 bits per heavy atom. The Labute approximate surface area is 383 Å².